The zero-order valence-electron chi connectivity index (χ0n) is 13.2. The fourth-order valence-electron chi connectivity index (χ4n) is 2.17. The monoisotopic (exact) mass is 347 g/mol. The SMILES string of the molecule is CCCC(CNC(=O)CCc1ccccc1OC(F)(F)F)C(=O)O. The number of hydrogen-bond donors (Lipinski definition) is 2. The molecule has 1 amide bonds. The number of carboxylic acid groups (broad SMARTS) is 1. The van der Waals surface area contributed by atoms with E-state index in [2.05, 4.69) is 10.1 Å². The molecule has 0 saturated heterocycles. The van der Waals surface area contributed by atoms with Gasteiger partial charge in [0.1, 0.15) is 5.75 Å². The predicted molar refractivity (Wildman–Crippen MR) is 80.5 cm³/mol. The van der Waals surface area contributed by atoms with Crippen molar-refractivity contribution in [3.8, 4) is 5.75 Å². The smallest absolute Gasteiger partial charge is 0.481 e. The highest BCUT2D eigenvalue weighted by atomic mass is 19.4. The molecule has 8 heteroatoms. The van der Waals surface area contributed by atoms with Crippen LogP contribution in [0.5, 0.6) is 5.75 Å². The lowest BCUT2D eigenvalue weighted by atomic mass is 10.0. The number of hydrogen-bond acceptors (Lipinski definition) is 3. The molecule has 0 heterocycles. The minimum atomic E-state index is -4.80. The summed E-state index contributed by atoms with van der Waals surface area (Å²) in [4.78, 5) is 22.8. The summed E-state index contributed by atoms with van der Waals surface area (Å²) >= 11 is 0. The number of amides is 1. The molecule has 0 radical (unpaired) electrons. The number of carbonyl (C=O) groups excluding carboxylic acids is 1. The molecule has 1 aromatic rings. The van der Waals surface area contributed by atoms with Crippen LogP contribution in [0.25, 0.3) is 0 Å². The van der Waals surface area contributed by atoms with E-state index in [9.17, 15) is 22.8 Å². The number of para-hydroxylation sites is 1. The fourth-order valence-corrected chi connectivity index (χ4v) is 2.17. The first-order valence-corrected chi connectivity index (χ1v) is 7.56. The van der Waals surface area contributed by atoms with E-state index in [1.54, 1.807) is 6.07 Å². The van der Waals surface area contributed by atoms with Gasteiger partial charge >= 0.3 is 12.3 Å². The minimum Gasteiger partial charge on any atom is -0.481 e. The summed E-state index contributed by atoms with van der Waals surface area (Å²) in [5.41, 5.74) is 0.258. The van der Waals surface area contributed by atoms with E-state index in [0.29, 0.717) is 12.8 Å². The van der Waals surface area contributed by atoms with Crippen molar-refractivity contribution < 1.29 is 32.6 Å². The summed E-state index contributed by atoms with van der Waals surface area (Å²) in [6, 6.07) is 5.60. The molecule has 0 bridgehead atoms. The van der Waals surface area contributed by atoms with Gasteiger partial charge in [-0.1, -0.05) is 31.5 Å². The summed E-state index contributed by atoms with van der Waals surface area (Å²) in [5.74, 6) is -2.41. The molecule has 1 unspecified atom stereocenters. The van der Waals surface area contributed by atoms with Crippen molar-refractivity contribution in [1.29, 1.82) is 0 Å². The van der Waals surface area contributed by atoms with Crippen molar-refractivity contribution in [2.45, 2.75) is 39.0 Å². The predicted octanol–water partition coefficient (Wildman–Crippen LogP) is 3.13. The number of aryl methyl sites for hydroxylation is 1. The number of carboxylic acids is 1. The standard InChI is InChI=1S/C16H20F3NO4/c1-2-5-12(15(22)23)10-20-14(21)9-8-11-6-3-4-7-13(11)24-16(17,18)19/h3-4,6-7,12H,2,5,8-10H2,1H3,(H,20,21)(H,22,23). The highest BCUT2D eigenvalue weighted by molar-refractivity contribution is 5.77. The van der Waals surface area contributed by atoms with Gasteiger partial charge in [-0.3, -0.25) is 9.59 Å². The zero-order chi connectivity index (χ0) is 18.2. The second-order valence-electron chi connectivity index (χ2n) is 5.28. The summed E-state index contributed by atoms with van der Waals surface area (Å²) in [5, 5.41) is 11.5. The van der Waals surface area contributed by atoms with E-state index >= 15 is 0 Å². The molecule has 0 spiro atoms. The summed E-state index contributed by atoms with van der Waals surface area (Å²) in [7, 11) is 0. The number of alkyl halides is 3. The molecule has 0 aliphatic rings. The topological polar surface area (TPSA) is 75.6 Å². The van der Waals surface area contributed by atoms with Crippen LogP contribution in [0.4, 0.5) is 13.2 Å². The van der Waals surface area contributed by atoms with Crippen molar-refractivity contribution in [1.82, 2.24) is 5.32 Å². The van der Waals surface area contributed by atoms with Crippen LogP contribution in [0.2, 0.25) is 0 Å². The third kappa shape index (κ3) is 7.34. The molecular formula is C16H20F3NO4. The van der Waals surface area contributed by atoms with Crippen LogP contribution in [-0.2, 0) is 16.0 Å². The molecule has 24 heavy (non-hydrogen) atoms. The molecule has 0 fully saturated rings. The van der Waals surface area contributed by atoms with Gasteiger partial charge in [-0.25, -0.2) is 0 Å². The Labute approximate surface area is 137 Å². The lowest BCUT2D eigenvalue weighted by Gasteiger charge is -2.14. The molecule has 0 saturated carbocycles. The lowest BCUT2D eigenvalue weighted by Crippen LogP contribution is -2.33. The molecule has 1 rings (SSSR count). The van der Waals surface area contributed by atoms with Crippen LogP contribution in [-0.4, -0.2) is 29.9 Å². The Morgan fingerprint density at radius 3 is 2.54 bits per heavy atom. The van der Waals surface area contributed by atoms with E-state index < -0.39 is 24.2 Å². The Kier molecular flexibility index (Phi) is 7.54. The molecule has 0 aliphatic carbocycles. The maximum atomic E-state index is 12.3. The van der Waals surface area contributed by atoms with Gasteiger partial charge in [-0.2, -0.15) is 0 Å². The molecule has 134 valence electrons. The average molecular weight is 347 g/mol. The normalized spacial score (nSPS) is 12.5. The van der Waals surface area contributed by atoms with E-state index in [1.807, 2.05) is 6.92 Å². The molecular weight excluding hydrogens is 327 g/mol. The maximum Gasteiger partial charge on any atom is 0.573 e. The van der Waals surface area contributed by atoms with E-state index in [1.165, 1.54) is 18.2 Å². The first kappa shape index (κ1) is 19.8. The summed E-state index contributed by atoms with van der Waals surface area (Å²) in [6.07, 6.45) is -3.68. The van der Waals surface area contributed by atoms with E-state index in [-0.39, 0.29) is 30.7 Å². The van der Waals surface area contributed by atoms with Crippen LogP contribution in [0.3, 0.4) is 0 Å². The summed E-state index contributed by atoms with van der Waals surface area (Å²) < 4.78 is 40.9. The average Bonchev–Trinajstić information content (AvgIpc) is 2.48. The highest BCUT2D eigenvalue weighted by Crippen LogP contribution is 2.26. The Balaban J connectivity index is 2.54. The van der Waals surface area contributed by atoms with Gasteiger partial charge in [0.25, 0.3) is 0 Å². The lowest BCUT2D eigenvalue weighted by molar-refractivity contribution is -0.274. The van der Waals surface area contributed by atoms with E-state index in [0.717, 1.165) is 0 Å². The number of aliphatic carboxylic acids is 1. The number of benzene rings is 1. The number of halogens is 3. The first-order valence-electron chi connectivity index (χ1n) is 7.56. The summed E-state index contributed by atoms with van der Waals surface area (Å²) in [6.45, 7) is 1.85. The fraction of sp³-hybridized carbons (Fsp3) is 0.500. The Morgan fingerprint density at radius 2 is 1.96 bits per heavy atom. The van der Waals surface area contributed by atoms with Gasteiger partial charge < -0.3 is 15.2 Å². The Bertz CT molecular complexity index is 560. The van der Waals surface area contributed by atoms with Crippen LogP contribution in [0.1, 0.15) is 31.7 Å². The van der Waals surface area contributed by atoms with Crippen LogP contribution in [0.15, 0.2) is 24.3 Å². The molecule has 1 atom stereocenters. The number of rotatable bonds is 9. The number of ether oxygens (including phenoxy) is 1. The van der Waals surface area contributed by atoms with Gasteiger partial charge in [-0.15, -0.1) is 13.2 Å². The Morgan fingerprint density at radius 1 is 1.29 bits per heavy atom. The van der Waals surface area contributed by atoms with Crippen molar-refractivity contribution in [2.75, 3.05) is 6.54 Å². The van der Waals surface area contributed by atoms with Crippen LogP contribution >= 0.6 is 0 Å². The zero-order valence-corrected chi connectivity index (χ0v) is 13.2. The number of nitrogens with one attached hydrogen (secondary N) is 1. The quantitative estimate of drug-likeness (QED) is 0.720. The van der Waals surface area contributed by atoms with Crippen molar-refractivity contribution in [2.24, 2.45) is 5.92 Å². The second kappa shape index (κ2) is 9.14. The maximum absolute atomic E-state index is 12.3. The van der Waals surface area contributed by atoms with Crippen molar-refractivity contribution >= 4 is 11.9 Å². The Hall–Kier alpha value is -2.25. The van der Waals surface area contributed by atoms with Gasteiger partial charge in [0, 0.05) is 13.0 Å². The van der Waals surface area contributed by atoms with Crippen molar-refractivity contribution in [3.63, 3.8) is 0 Å². The van der Waals surface area contributed by atoms with Gasteiger partial charge in [-0.05, 0) is 24.5 Å². The molecule has 1 aromatic carbocycles. The van der Waals surface area contributed by atoms with Crippen LogP contribution in [0, 0.1) is 5.92 Å². The molecule has 5 nitrogen and oxygen atoms in total. The molecule has 0 aliphatic heterocycles. The third-order valence-corrected chi connectivity index (χ3v) is 3.35. The second-order valence-corrected chi connectivity index (χ2v) is 5.28. The highest BCUT2D eigenvalue weighted by Gasteiger charge is 2.32. The molecule has 2 N–H and O–H groups in total. The van der Waals surface area contributed by atoms with E-state index in [4.69, 9.17) is 5.11 Å². The van der Waals surface area contributed by atoms with Gasteiger partial charge in [0.05, 0.1) is 5.92 Å². The largest absolute Gasteiger partial charge is 0.573 e. The van der Waals surface area contributed by atoms with Crippen LogP contribution < -0.4 is 10.1 Å². The number of carbonyl (C=O) groups is 2. The first-order chi connectivity index (χ1) is 11.2. The van der Waals surface area contributed by atoms with Gasteiger partial charge in [0.2, 0.25) is 5.91 Å². The van der Waals surface area contributed by atoms with Crippen molar-refractivity contribution in [3.05, 3.63) is 29.8 Å². The minimum absolute atomic E-state index is 0.00268. The van der Waals surface area contributed by atoms with Gasteiger partial charge in [0.15, 0.2) is 0 Å². The third-order valence-electron chi connectivity index (χ3n) is 3.35. The molecule has 0 aromatic heterocycles.